The van der Waals surface area contributed by atoms with Crippen LogP contribution in [-0.2, 0) is 16.0 Å². The van der Waals surface area contributed by atoms with Crippen LogP contribution in [0.2, 0.25) is 0 Å². The van der Waals surface area contributed by atoms with Gasteiger partial charge in [0, 0.05) is 25.3 Å². The summed E-state index contributed by atoms with van der Waals surface area (Å²) in [6.45, 7) is 2.35. The van der Waals surface area contributed by atoms with Crippen LogP contribution < -0.4 is 4.80 Å². The minimum Gasteiger partial charge on any atom is -0.465 e. The van der Waals surface area contributed by atoms with E-state index in [1.807, 2.05) is 4.57 Å². The summed E-state index contributed by atoms with van der Waals surface area (Å²) in [6.07, 6.45) is 0. The van der Waals surface area contributed by atoms with Crippen molar-refractivity contribution in [2.45, 2.75) is 13.5 Å². The number of nitrogens with zero attached hydrogens (tertiary/aromatic N) is 3. The molecule has 2 aromatic carbocycles. The number of methoxy groups -OCH3 is 2. The van der Waals surface area contributed by atoms with Crippen LogP contribution in [0.3, 0.4) is 0 Å². The number of rotatable bonds is 6. The van der Waals surface area contributed by atoms with Gasteiger partial charge in [-0.25, -0.2) is 4.79 Å². The Bertz CT molecular complexity index is 1210. The SMILES string of the molecule is COCCn1c(=NC(=O)c2cccc([N+](=O)[O-])c2C)sc2cc(C(=O)OC)ccc21. The number of hydrogen-bond acceptors (Lipinski definition) is 7. The molecule has 1 aromatic heterocycles. The number of fused-ring (bicyclic) bond motifs is 1. The first-order chi connectivity index (χ1) is 14.4. The fraction of sp³-hybridized carbons (Fsp3) is 0.250. The lowest BCUT2D eigenvalue weighted by molar-refractivity contribution is -0.385. The van der Waals surface area contributed by atoms with Crippen molar-refractivity contribution in [2.75, 3.05) is 20.8 Å². The van der Waals surface area contributed by atoms with Gasteiger partial charge in [0.05, 0.1) is 40.0 Å². The molecular formula is C20H19N3O6S. The molecular weight excluding hydrogens is 410 g/mol. The van der Waals surface area contributed by atoms with E-state index in [9.17, 15) is 19.7 Å². The Morgan fingerprint density at radius 3 is 2.67 bits per heavy atom. The molecule has 3 aromatic rings. The van der Waals surface area contributed by atoms with Crippen molar-refractivity contribution in [3.05, 3.63) is 68.0 Å². The second-order valence-corrected chi connectivity index (χ2v) is 7.34. The monoisotopic (exact) mass is 429 g/mol. The lowest BCUT2D eigenvalue weighted by atomic mass is 10.1. The number of nitro groups is 1. The Labute approximate surface area is 175 Å². The van der Waals surface area contributed by atoms with Crippen molar-refractivity contribution in [1.82, 2.24) is 4.57 Å². The highest BCUT2D eigenvalue weighted by molar-refractivity contribution is 7.16. The van der Waals surface area contributed by atoms with Crippen LogP contribution in [0.15, 0.2) is 41.4 Å². The second-order valence-electron chi connectivity index (χ2n) is 6.33. The Morgan fingerprint density at radius 2 is 2.00 bits per heavy atom. The van der Waals surface area contributed by atoms with Crippen LogP contribution in [-0.4, -0.2) is 42.2 Å². The number of hydrogen-bond donors (Lipinski definition) is 0. The predicted octanol–water partition coefficient (Wildman–Crippen LogP) is 3.09. The molecule has 0 saturated heterocycles. The third-order valence-electron chi connectivity index (χ3n) is 4.55. The minimum atomic E-state index is -0.581. The van der Waals surface area contributed by atoms with Crippen LogP contribution in [0.25, 0.3) is 10.2 Å². The summed E-state index contributed by atoms with van der Waals surface area (Å²) in [5.41, 5.74) is 1.45. The molecule has 1 amide bonds. The molecule has 10 heteroatoms. The van der Waals surface area contributed by atoms with Gasteiger partial charge in [0.2, 0.25) is 0 Å². The Morgan fingerprint density at radius 1 is 1.23 bits per heavy atom. The average molecular weight is 429 g/mol. The van der Waals surface area contributed by atoms with Gasteiger partial charge >= 0.3 is 5.97 Å². The molecule has 0 N–H and O–H groups in total. The third kappa shape index (κ3) is 4.14. The number of carbonyl (C=O) groups is 2. The Balaban J connectivity index is 2.14. The molecule has 0 bridgehead atoms. The van der Waals surface area contributed by atoms with Gasteiger partial charge in [-0.05, 0) is 31.2 Å². The fourth-order valence-electron chi connectivity index (χ4n) is 3.00. The summed E-state index contributed by atoms with van der Waals surface area (Å²) < 4.78 is 12.5. The Hall–Kier alpha value is -3.37. The van der Waals surface area contributed by atoms with Gasteiger partial charge < -0.3 is 14.0 Å². The number of esters is 1. The first-order valence-electron chi connectivity index (χ1n) is 8.91. The average Bonchev–Trinajstić information content (AvgIpc) is 3.07. The number of nitro benzene ring substituents is 1. The van der Waals surface area contributed by atoms with Gasteiger partial charge in [-0.2, -0.15) is 4.99 Å². The quantitative estimate of drug-likeness (QED) is 0.338. The normalized spacial score (nSPS) is 11.6. The number of thiazole rings is 1. The van der Waals surface area contributed by atoms with Crippen molar-refractivity contribution in [3.8, 4) is 0 Å². The third-order valence-corrected chi connectivity index (χ3v) is 5.59. The summed E-state index contributed by atoms with van der Waals surface area (Å²) in [4.78, 5) is 39.9. The number of ether oxygens (including phenoxy) is 2. The van der Waals surface area contributed by atoms with Gasteiger partial charge in [0.15, 0.2) is 4.80 Å². The Kier molecular flexibility index (Phi) is 6.38. The van der Waals surface area contributed by atoms with Crippen molar-refractivity contribution >= 4 is 39.1 Å². The van der Waals surface area contributed by atoms with Crippen LogP contribution in [0.5, 0.6) is 0 Å². The molecule has 0 atom stereocenters. The van der Waals surface area contributed by atoms with E-state index in [0.29, 0.717) is 23.5 Å². The molecule has 0 fully saturated rings. The van der Waals surface area contributed by atoms with Crippen molar-refractivity contribution in [2.24, 2.45) is 4.99 Å². The molecule has 0 radical (unpaired) electrons. The number of aromatic nitrogens is 1. The lowest BCUT2D eigenvalue weighted by Gasteiger charge is -2.05. The number of benzene rings is 2. The van der Waals surface area contributed by atoms with Crippen molar-refractivity contribution in [1.29, 1.82) is 0 Å². The molecule has 0 aliphatic carbocycles. The molecule has 0 spiro atoms. The minimum absolute atomic E-state index is 0.137. The first kappa shape index (κ1) is 21.3. The highest BCUT2D eigenvalue weighted by atomic mass is 32.1. The standard InChI is InChI=1S/C20H19N3O6S/c1-12-14(5-4-6-15(12)23(26)27)18(24)21-20-22(9-10-28-2)16-8-7-13(19(25)29-3)11-17(16)30-20/h4-8,11H,9-10H2,1-3H3. The first-order valence-corrected chi connectivity index (χ1v) is 9.72. The van der Waals surface area contributed by atoms with E-state index in [2.05, 4.69) is 4.99 Å². The molecule has 0 aliphatic rings. The van der Waals surface area contributed by atoms with Crippen molar-refractivity contribution < 1.29 is 24.0 Å². The van der Waals surface area contributed by atoms with E-state index in [1.54, 1.807) is 25.3 Å². The van der Waals surface area contributed by atoms with Gasteiger partial charge in [-0.1, -0.05) is 17.4 Å². The zero-order valence-corrected chi connectivity index (χ0v) is 17.4. The van der Waals surface area contributed by atoms with Crippen LogP contribution in [0.4, 0.5) is 5.69 Å². The van der Waals surface area contributed by atoms with E-state index in [1.165, 1.54) is 43.6 Å². The summed E-state index contributed by atoms with van der Waals surface area (Å²) in [5, 5.41) is 11.2. The van der Waals surface area contributed by atoms with E-state index in [4.69, 9.17) is 9.47 Å². The summed E-state index contributed by atoms with van der Waals surface area (Å²) in [6, 6.07) is 9.39. The highest BCUT2D eigenvalue weighted by Gasteiger charge is 2.18. The maximum absolute atomic E-state index is 12.8. The zero-order chi connectivity index (χ0) is 21.8. The van der Waals surface area contributed by atoms with E-state index in [-0.39, 0.29) is 16.8 Å². The molecule has 30 heavy (non-hydrogen) atoms. The van der Waals surface area contributed by atoms with Gasteiger partial charge in [-0.3, -0.25) is 14.9 Å². The van der Waals surface area contributed by atoms with Crippen LogP contribution in [0.1, 0.15) is 26.3 Å². The number of carbonyl (C=O) groups excluding carboxylic acids is 2. The summed E-state index contributed by atoms with van der Waals surface area (Å²) in [5.74, 6) is -1.04. The fourth-order valence-corrected chi connectivity index (χ4v) is 4.10. The van der Waals surface area contributed by atoms with Gasteiger partial charge in [-0.15, -0.1) is 0 Å². The molecule has 1 heterocycles. The van der Waals surface area contributed by atoms with Crippen LogP contribution in [0, 0.1) is 17.0 Å². The number of amides is 1. The summed E-state index contributed by atoms with van der Waals surface area (Å²) in [7, 11) is 2.87. The molecule has 0 aliphatic heterocycles. The van der Waals surface area contributed by atoms with Gasteiger partial charge in [0.1, 0.15) is 0 Å². The molecule has 9 nitrogen and oxygen atoms in total. The molecule has 0 saturated carbocycles. The molecule has 0 unspecified atom stereocenters. The maximum atomic E-state index is 12.8. The van der Waals surface area contributed by atoms with E-state index in [0.717, 1.165) is 10.2 Å². The topological polar surface area (TPSA) is 113 Å². The predicted molar refractivity (Wildman–Crippen MR) is 111 cm³/mol. The van der Waals surface area contributed by atoms with E-state index < -0.39 is 16.8 Å². The highest BCUT2D eigenvalue weighted by Crippen LogP contribution is 2.23. The summed E-state index contributed by atoms with van der Waals surface area (Å²) >= 11 is 1.23. The molecule has 156 valence electrons. The lowest BCUT2D eigenvalue weighted by Crippen LogP contribution is -2.19. The maximum Gasteiger partial charge on any atom is 0.337 e. The van der Waals surface area contributed by atoms with Crippen LogP contribution >= 0.6 is 11.3 Å². The molecule has 3 rings (SSSR count). The van der Waals surface area contributed by atoms with E-state index >= 15 is 0 Å². The van der Waals surface area contributed by atoms with Crippen molar-refractivity contribution in [3.63, 3.8) is 0 Å². The second kappa shape index (κ2) is 8.97. The smallest absolute Gasteiger partial charge is 0.337 e. The largest absolute Gasteiger partial charge is 0.465 e. The van der Waals surface area contributed by atoms with Gasteiger partial charge in [0.25, 0.3) is 11.6 Å². The zero-order valence-electron chi connectivity index (χ0n) is 16.6.